The van der Waals surface area contributed by atoms with Crippen molar-refractivity contribution in [3.63, 3.8) is 0 Å². The summed E-state index contributed by atoms with van der Waals surface area (Å²) in [6.07, 6.45) is 3.62. The van der Waals surface area contributed by atoms with E-state index >= 15 is 0 Å². The molecule has 122 valence electrons. The van der Waals surface area contributed by atoms with Crippen molar-refractivity contribution in [3.05, 3.63) is 0 Å². The fraction of sp³-hybridized carbons (Fsp3) is 1.00. The topological polar surface area (TPSA) is 52.6 Å². The van der Waals surface area contributed by atoms with Gasteiger partial charge < -0.3 is 9.47 Å². The van der Waals surface area contributed by atoms with Gasteiger partial charge in [0.15, 0.2) is 0 Å². The first-order valence-corrected chi connectivity index (χ1v) is 9.84. The lowest BCUT2D eigenvalue weighted by Crippen LogP contribution is -2.34. The van der Waals surface area contributed by atoms with E-state index in [4.69, 9.17) is 20.2 Å². The van der Waals surface area contributed by atoms with Crippen LogP contribution in [0.15, 0.2) is 0 Å². The third-order valence-electron chi connectivity index (χ3n) is 3.13. The summed E-state index contributed by atoms with van der Waals surface area (Å²) in [5.74, 6) is -0.0196. The van der Waals surface area contributed by atoms with Crippen molar-refractivity contribution in [2.45, 2.75) is 59.5 Å². The molecule has 0 atom stereocenters. The van der Waals surface area contributed by atoms with Crippen LogP contribution in [0.3, 0.4) is 0 Å². The lowest BCUT2D eigenvalue weighted by molar-refractivity contribution is -0.0105. The number of rotatable bonds is 12. The van der Waals surface area contributed by atoms with E-state index in [-0.39, 0.29) is 17.3 Å². The van der Waals surface area contributed by atoms with Crippen molar-refractivity contribution >= 4 is 19.7 Å². The molecule has 0 rings (SSSR count). The molecule has 0 saturated heterocycles. The van der Waals surface area contributed by atoms with Gasteiger partial charge >= 0.3 is 0 Å². The van der Waals surface area contributed by atoms with Gasteiger partial charge in [-0.05, 0) is 26.7 Å². The molecule has 0 aliphatic heterocycles. The summed E-state index contributed by atoms with van der Waals surface area (Å²) in [5.41, 5.74) is -0.373. The van der Waals surface area contributed by atoms with Gasteiger partial charge in [-0.1, -0.05) is 26.7 Å². The van der Waals surface area contributed by atoms with Gasteiger partial charge in [0.25, 0.3) is 0 Å². The molecule has 0 aliphatic carbocycles. The van der Waals surface area contributed by atoms with E-state index in [0.717, 1.165) is 25.7 Å². The van der Waals surface area contributed by atoms with E-state index < -0.39 is 9.05 Å². The van der Waals surface area contributed by atoms with Crippen molar-refractivity contribution in [2.75, 3.05) is 25.6 Å². The molecule has 0 aromatic carbocycles. The number of ether oxygens (including phenoxy) is 2. The third-order valence-corrected chi connectivity index (χ3v) is 4.41. The van der Waals surface area contributed by atoms with E-state index in [9.17, 15) is 8.42 Å². The van der Waals surface area contributed by atoms with Gasteiger partial charge in [-0.15, -0.1) is 0 Å². The summed E-state index contributed by atoms with van der Waals surface area (Å²) >= 11 is 0. The number of halogens is 1. The highest BCUT2D eigenvalue weighted by Gasteiger charge is 2.33. The molecule has 0 aromatic heterocycles. The second-order valence-corrected chi connectivity index (χ2v) is 8.43. The van der Waals surface area contributed by atoms with Crippen molar-refractivity contribution < 1.29 is 17.9 Å². The predicted octanol–water partition coefficient (Wildman–Crippen LogP) is 3.58. The minimum absolute atomic E-state index is 0.0196. The Kier molecular flexibility index (Phi) is 10.1. The second kappa shape index (κ2) is 9.98. The van der Waals surface area contributed by atoms with Crippen molar-refractivity contribution in [2.24, 2.45) is 5.41 Å². The molecule has 0 radical (unpaired) electrons. The lowest BCUT2D eigenvalue weighted by Gasteiger charge is -2.32. The molecule has 20 heavy (non-hydrogen) atoms. The smallest absolute Gasteiger partial charge is 0.233 e. The van der Waals surface area contributed by atoms with Gasteiger partial charge in [0.05, 0.1) is 31.7 Å². The Hall–Kier alpha value is 0.160. The maximum Gasteiger partial charge on any atom is 0.233 e. The highest BCUT2D eigenvalue weighted by atomic mass is 35.7. The number of hydrogen-bond acceptors (Lipinski definition) is 4. The van der Waals surface area contributed by atoms with Gasteiger partial charge in [0.2, 0.25) is 9.05 Å². The Morgan fingerprint density at radius 1 is 1.10 bits per heavy atom. The quantitative estimate of drug-likeness (QED) is 0.406. The first kappa shape index (κ1) is 20.2. The van der Waals surface area contributed by atoms with Crippen LogP contribution < -0.4 is 0 Å². The van der Waals surface area contributed by atoms with Gasteiger partial charge in [-0.25, -0.2) is 8.42 Å². The zero-order valence-electron chi connectivity index (χ0n) is 13.2. The Balaban J connectivity index is 4.50. The van der Waals surface area contributed by atoms with Crippen LogP contribution in [0.1, 0.15) is 53.4 Å². The molecule has 0 fully saturated rings. The van der Waals surface area contributed by atoms with Gasteiger partial charge in [0.1, 0.15) is 0 Å². The van der Waals surface area contributed by atoms with Gasteiger partial charge in [-0.2, -0.15) is 0 Å². The molecule has 0 aliphatic rings. The molecule has 0 N–H and O–H groups in total. The molecule has 0 bridgehead atoms. The minimum atomic E-state index is -3.52. The molecule has 0 unspecified atom stereocenters. The minimum Gasteiger partial charge on any atom is -0.378 e. The molecule has 0 saturated carbocycles. The molecule has 0 aromatic rings. The number of hydrogen-bond donors (Lipinski definition) is 0. The van der Waals surface area contributed by atoms with Crippen molar-refractivity contribution in [1.82, 2.24) is 0 Å². The summed E-state index contributed by atoms with van der Waals surface area (Å²) < 4.78 is 34.0. The van der Waals surface area contributed by atoms with E-state index in [1.807, 2.05) is 27.7 Å². The summed E-state index contributed by atoms with van der Waals surface area (Å²) in [6, 6.07) is 0. The maximum atomic E-state index is 11.5. The van der Waals surface area contributed by atoms with E-state index in [1.165, 1.54) is 0 Å². The lowest BCUT2D eigenvalue weighted by atomic mass is 9.82. The van der Waals surface area contributed by atoms with E-state index in [1.54, 1.807) is 0 Å². The van der Waals surface area contributed by atoms with Crippen LogP contribution >= 0.6 is 10.7 Å². The van der Waals surface area contributed by atoms with Crippen LogP contribution in [-0.4, -0.2) is 40.1 Å². The van der Waals surface area contributed by atoms with Gasteiger partial charge in [-0.3, -0.25) is 0 Å². The molecular weight excluding hydrogens is 300 g/mol. The zero-order valence-corrected chi connectivity index (χ0v) is 14.7. The van der Waals surface area contributed by atoms with Crippen LogP contribution in [-0.2, 0) is 18.5 Å². The second-order valence-electron chi connectivity index (χ2n) is 5.66. The van der Waals surface area contributed by atoms with Crippen molar-refractivity contribution in [1.29, 1.82) is 0 Å². The highest BCUT2D eigenvalue weighted by Crippen LogP contribution is 2.33. The van der Waals surface area contributed by atoms with E-state index in [0.29, 0.717) is 19.8 Å². The molecule has 0 heterocycles. The van der Waals surface area contributed by atoms with E-state index in [2.05, 4.69) is 0 Å². The summed E-state index contributed by atoms with van der Waals surface area (Å²) in [4.78, 5) is 0. The molecule has 0 amide bonds. The average molecular weight is 329 g/mol. The summed E-state index contributed by atoms with van der Waals surface area (Å²) in [5, 5.41) is 0. The van der Waals surface area contributed by atoms with Crippen LogP contribution in [0, 0.1) is 5.41 Å². The fourth-order valence-electron chi connectivity index (χ4n) is 2.51. The standard InChI is InChI=1S/C14H29ClO4S/c1-5-7-14(8-6-2,12-20(15,16)17)11-18-9-10-19-13(3)4/h13H,5-12H2,1-4H3. The highest BCUT2D eigenvalue weighted by molar-refractivity contribution is 8.13. The summed E-state index contributed by atoms with van der Waals surface area (Å²) in [6.45, 7) is 9.47. The van der Waals surface area contributed by atoms with Crippen LogP contribution in [0.5, 0.6) is 0 Å². The van der Waals surface area contributed by atoms with Crippen LogP contribution in [0.25, 0.3) is 0 Å². The van der Waals surface area contributed by atoms with Gasteiger partial charge in [0, 0.05) is 16.1 Å². The SMILES string of the molecule is CCCC(CCC)(COCCOC(C)C)CS(=O)(=O)Cl. The van der Waals surface area contributed by atoms with Crippen LogP contribution in [0.4, 0.5) is 0 Å². The first-order chi connectivity index (χ1) is 9.24. The predicted molar refractivity (Wildman–Crippen MR) is 83.8 cm³/mol. The Morgan fingerprint density at radius 2 is 1.65 bits per heavy atom. The monoisotopic (exact) mass is 328 g/mol. The molecule has 4 nitrogen and oxygen atoms in total. The molecular formula is C14H29ClO4S. The van der Waals surface area contributed by atoms with Crippen molar-refractivity contribution in [3.8, 4) is 0 Å². The Morgan fingerprint density at radius 3 is 2.05 bits per heavy atom. The maximum absolute atomic E-state index is 11.5. The fourth-order valence-corrected chi connectivity index (χ4v) is 4.31. The molecule has 6 heteroatoms. The average Bonchev–Trinajstić information content (AvgIpc) is 2.26. The Bertz CT molecular complexity index is 335. The van der Waals surface area contributed by atoms with Crippen LogP contribution in [0.2, 0.25) is 0 Å². The Labute approximate surface area is 128 Å². The first-order valence-electron chi connectivity index (χ1n) is 7.36. The molecule has 0 spiro atoms. The third kappa shape index (κ3) is 9.97. The largest absolute Gasteiger partial charge is 0.378 e. The zero-order chi connectivity index (χ0) is 15.6. The summed E-state index contributed by atoms with van der Waals surface area (Å²) in [7, 11) is 1.94. The normalized spacial score (nSPS) is 13.1.